The first kappa shape index (κ1) is 21.4. The Morgan fingerprint density at radius 1 is 1.20 bits per heavy atom. The van der Waals surface area contributed by atoms with E-state index in [1.807, 2.05) is 18.2 Å². The van der Waals surface area contributed by atoms with Crippen LogP contribution in [0, 0.1) is 0 Å². The van der Waals surface area contributed by atoms with Crippen LogP contribution in [-0.2, 0) is 5.41 Å². The summed E-state index contributed by atoms with van der Waals surface area (Å²) in [7, 11) is 5.86. The molecule has 1 saturated heterocycles. The van der Waals surface area contributed by atoms with Crippen LogP contribution in [0.1, 0.15) is 29.3 Å². The van der Waals surface area contributed by atoms with E-state index in [2.05, 4.69) is 36.1 Å². The van der Waals surface area contributed by atoms with Crippen molar-refractivity contribution < 1.29 is 24.5 Å². The molecule has 2 aliphatic heterocycles. The summed E-state index contributed by atoms with van der Waals surface area (Å²) in [6.45, 7) is 3.39. The van der Waals surface area contributed by atoms with Gasteiger partial charge in [0.25, 0.3) is 0 Å². The molecule has 160 valence electrons. The molecule has 30 heavy (non-hydrogen) atoms. The second-order valence-corrected chi connectivity index (χ2v) is 7.77. The first-order valence-corrected chi connectivity index (χ1v) is 9.67. The molecule has 2 heterocycles. The highest BCUT2D eigenvalue weighted by Gasteiger charge is 2.52. The van der Waals surface area contributed by atoms with E-state index in [0.29, 0.717) is 11.9 Å². The number of aromatic hydroxyl groups is 1. The number of aromatic carboxylic acids is 1. The number of anilines is 1. The molecule has 2 atom stereocenters. The van der Waals surface area contributed by atoms with Crippen LogP contribution >= 0.6 is 0 Å². The number of hydrogen-bond donors (Lipinski definition) is 3. The lowest BCUT2D eigenvalue weighted by molar-refractivity contribution is 0.0693. The van der Waals surface area contributed by atoms with Gasteiger partial charge in [-0.2, -0.15) is 0 Å². The highest BCUT2D eigenvalue weighted by atomic mass is 16.5. The number of ether oxygens (including phenoxy) is 1. The second-order valence-electron chi connectivity index (χ2n) is 7.77. The smallest absolute Gasteiger partial charge is 0.412 e. The molecular formula is C22H27N3O5. The van der Waals surface area contributed by atoms with Gasteiger partial charge < -0.3 is 25.2 Å². The Morgan fingerprint density at radius 2 is 1.90 bits per heavy atom. The zero-order valence-electron chi connectivity index (χ0n) is 17.5. The molecule has 0 bridgehead atoms. The van der Waals surface area contributed by atoms with Crippen molar-refractivity contribution in [1.29, 1.82) is 0 Å². The molecular weight excluding hydrogens is 386 g/mol. The molecule has 0 spiro atoms. The maximum Gasteiger partial charge on any atom is 0.412 e. The van der Waals surface area contributed by atoms with Crippen LogP contribution in [0.25, 0.3) is 0 Å². The van der Waals surface area contributed by atoms with Crippen LogP contribution in [0.5, 0.6) is 11.5 Å². The van der Waals surface area contributed by atoms with Crippen LogP contribution in [0.2, 0.25) is 0 Å². The highest BCUT2D eigenvalue weighted by molar-refractivity contribution is 5.90. The third kappa shape index (κ3) is 3.78. The topological polar surface area (TPSA) is 102 Å². The van der Waals surface area contributed by atoms with E-state index in [0.717, 1.165) is 13.0 Å². The van der Waals surface area contributed by atoms with Gasteiger partial charge in [-0.3, -0.25) is 4.90 Å². The summed E-state index contributed by atoms with van der Waals surface area (Å²) in [5.74, 6) is -0.707. The minimum Gasteiger partial charge on any atom is -0.507 e. The number of nitrogens with one attached hydrogen (secondary N) is 1. The van der Waals surface area contributed by atoms with Crippen molar-refractivity contribution in [2.24, 2.45) is 0 Å². The minimum atomic E-state index is -1.11. The Hall–Kier alpha value is -3.26. The number of rotatable bonds is 2. The van der Waals surface area contributed by atoms with Crippen LogP contribution in [-0.4, -0.2) is 61.0 Å². The van der Waals surface area contributed by atoms with E-state index in [1.54, 1.807) is 19.2 Å². The number of para-hydroxylation sites is 1. The van der Waals surface area contributed by atoms with Crippen molar-refractivity contribution in [3.05, 3.63) is 53.6 Å². The van der Waals surface area contributed by atoms with Crippen molar-refractivity contribution in [3.8, 4) is 11.5 Å². The Bertz CT molecular complexity index is 964. The lowest BCUT2D eigenvalue weighted by atomic mass is 9.81. The summed E-state index contributed by atoms with van der Waals surface area (Å²) in [6, 6.07) is 11.7. The average Bonchev–Trinajstić information content (AvgIpc) is 3.14. The predicted molar refractivity (Wildman–Crippen MR) is 113 cm³/mol. The number of carboxylic acids is 1. The lowest BCUT2D eigenvalue weighted by Crippen LogP contribution is -2.45. The number of hydrogen-bond acceptors (Lipinski definition) is 6. The van der Waals surface area contributed by atoms with Crippen LogP contribution in [0.15, 0.2) is 42.5 Å². The molecule has 2 aliphatic rings. The molecule has 0 aromatic heterocycles. The van der Waals surface area contributed by atoms with Gasteiger partial charge in [-0.25, -0.2) is 9.59 Å². The standard InChI is InChI=1S/C15H21N3O2.C7H6O3/c1-15-7-8-17(3)13(15)18(4)12-6-5-10(9-11(12)15)20-14(19)16-2;8-6-4-2-1-3-5(6)7(9)10/h5-6,9,13H,7-8H2,1-4H3,(H,16,19);1-4,8H,(H,9,10)/t13-,15-;/m1./s1. The molecule has 8 nitrogen and oxygen atoms in total. The molecule has 2 aromatic rings. The summed E-state index contributed by atoms with van der Waals surface area (Å²) in [5.41, 5.74) is 2.53. The largest absolute Gasteiger partial charge is 0.507 e. The van der Waals surface area contributed by atoms with Crippen molar-refractivity contribution >= 4 is 17.7 Å². The molecule has 2 aromatic carbocycles. The first-order valence-electron chi connectivity index (χ1n) is 9.67. The normalized spacial score (nSPS) is 21.9. The van der Waals surface area contributed by atoms with Crippen molar-refractivity contribution in [2.45, 2.75) is 24.9 Å². The molecule has 0 aliphatic carbocycles. The van der Waals surface area contributed by atoms with Gasteiger partial charge in [0.05, 0.1) is 6.17 Å². The average molecular weight is 413 g/mol. The molecule has 4 rings (SSSR count). The molecule has 0 unspecified atom stereocenters. The van der Waals surface area contributed by atoms with Crippen molar-refractivity contribution in [2.75, 3.05) is 32.6 Å². The fourth-order valence-electron chi connectivity index (χ4n) is 4.43. The van der Waals surface area contributed by atoms with Crippen LogP contribution < -0.4 is 15.0 Å². The van der Waals surface area contributed by atoms with Crippen molar-refractivity contribution in [1.82, 2.24) is 10.2 Å². The van der Waals surface area contributed by atoms with Gasteiger partial charge in [-0.15, -0.1) is 0 Å². The van der Waals surface area contributed by atoms with Gasteiger partial charge in [0.2, 0.25) is 0 Å². The Kier molecular flexibility index (Phi) is 5.89. The van der Waals surface area contributed by atoms with Gasteiger partial charge in [-0.05, 0) is 49.4 Å². The van der Waals surface area contributed by atoms with Gasteiger partial charge in [0, 0.05) is 31.7 Å². The number of amides is 1. The Morgan fingerprint density at radius 3 is 2.50 bits per heavy atom. The molecule has 1 fully saturated rings. The molecule has 8 heteroatoms. The molecule has 0 saturated carbocycles. The van der Waals surface area contributed by atoms with Gasteiger partial charge >= 0.3 is 12.1 Å². The van der Waals surface area contributed by atoms with E-state index in [1.165, 1.54) is 23.4 Å². The van der Waals surface area contributed by atoms with Gasteiger partial charge in [0.15, 0.2) is 0 Å². The fourth-order valence-corrected chi connectivity index (χ4v) is 4.43. The van der Waals surface area contributed by atoms with E-state index in [-0.39, 0.29) is 16.7 Å². The zero-order chi connectivity index (χ0) is 22.1. The second kappa shape index (κ2) is 8.23. The number of carbonyl (C=O) groups is 2. The third-order valence-corrected chi connectivity index (χ3v) is 5.85. The molecule has 1 amide bonds. The quantitative estimate of drug-likeness (QED) is 0.696. The van der Waals surface area contributed by atoms with E-state index >= 15 is 0 Å². The Balaban J connectivity index is 0.000000216. The number of fused-ring (bicyclic) bond motifs is 3. The number of likely N-dealkylation sites (N-methyl/N-ethyl adjacent to an activating group) is 2. The lowest BCUT2D eigenvalue weighted by Gasteiger charge is -2.32. The number of carboxylic acid groups (broad SMARTS) is 1. The summed E-state index contributed by atoms with van der Waals surface area (Å²) >= 11 is 0. The van der Waals surface area contributed by atoms with E-state index < -0.39 is 12.1 Å². The third-order valence-electron chi connectivity index (χ3n) is 5.85. The van der Waals surface area contributed by atoms with Crippen molar-refractivity contribution in [3.63, 3.8) is 0 Å². The SMILES string of the molecule is CNC(=O)Oc1ccc2c(c1)[C@@]1(C)CCN(C)[C@@H]1N2C.O=C(O)c1ccccc1O. The number of benzene rings is 2. The fraction of sp³-hybridized carbons (Fsp3) is 0.364. The highest BCUT2D eigenvalue weighted by Crippen LogP contribution is 2.51. The summed E-state index contributed by atoms with van der Waals surface area (Å²) in [5, 5.41) is 19.8. The molecule has 0 radical (unpaired) electrons. The van der Waals surface area contributed by atoms with E-state index in [9.17, 15) is 9.59 Å². The van der Waals surface area contributed by atoms with E-state index in [4.69, 9.17) is 14.9 Å². The summed E-state index contributed by atoms with van der Waals surface area (Å²) in [6.07, 6.45) is 1.07. The minimum absolute atomic E-state index is 0.0671. The number of likely N-dealkylation sites (tertiary alicyclic amines) is 1. The number of carbonyl (C=O) groups excluding carboxylic acids is 1. The number of nitrogens with zero attached hydrogens (tertiary/aromatic N) is 2. The summed E-state index contributed by atoms with van der Waals surface area (Å²) in [4.78, 5) is 26.3. The predicted octanol–water partition coefficient (Wildman–Crippen LogP) is 2.86. The number of phenols is 1. The monoisotopic (exact) mass is 413 g/mol. The Labute approximate surface area is 175 Å². The molecule has 3 N–H and O–H groups in total. The maximum absolute atomic E-state index is 11.4. The van der Waals surface area contributed by atoms with Crippen LogP contribution in [0.3, 0.4) is 0 Å². The first-order chi connectivity index (χ1) is 14.2. The maximum atomic E-state index is 11.4. The summed E-state index contributed by atoms with van der Waals surface area (Å²) < 4.78 is 5.26. The van der Waals surface area contributed by atoms with Gasteiger partial charge in [-0.1, -0.05) is 19.1 Å². The van der Waals surface area contributed by atoms with Gasteiger partial charge in [0.1, 0.15) is 17.1 Å². The van der Waals surface area contributed by atoms with Crippen LogP contribution in [0.4, 0.5) is 10.5 Å². The zero-order valence-corrected chi connectivity index (χ0v) is 17.5.